The number of carbonyl (C=O) groups excluding carboxylic acids is 1. The highest BCUT2D eigenvalue weighted by Crippen LogP contribution is 2.30. The lowest BCUT2D eigenvalue weighted by molar-refractivity contribution is -0.126. The lowest BCUT2D eigenvalue weighted by Crippen LogP contribution is -2.54. The van der Waals surface area contributed by atoms with E-state index in [1.54, 1.807) is 21.8 Å². The van der Waals surface area contributed by atoms with Crippen molar-refractivity contribution in [1.82, 2.24) is 39.4 Å². The highest BCUT2D eigenvalue weighted by atomic mass is 16.5. The Balaban J connectivity index is 1.22. The van der Waals surface area contributed by atoms with Crippen LogP contribution in [-0.4, -0.2) is 71.0 Å². The van der Waals surface area contributed by atoms with E-state index in [2.05, 4.69) is 41.8 Å². The van der Waals surface area contributed by atoms with Crippen LogP contribution in [0.25, 0.3) is 16.7 Å². The molecule has 5 aromatic rings. The number of benzene rings is 1. The molecule has 1 saturated heterocycles. The number of aryl methyl sites for hydroxylation is 1. The van der Waals surface area contributed by atoms with Gasteiger partial charge in [0.15, 0.2) is 11.5 Å². The monoisotopic (exact) mass is 522 g/mol. The van der Waals surface area contributed by atoms with Crippen molar-refractivity contribution >= 4 is 40.0 Å². The number of hydrogen-bond acceptors (Lipinski definition) is 10. The first kappa shape index (κ1) is 24.2. The molecular weight excluding hydrogens is 496 g/mol. The molecule has 1 atom stereocenters. The third kappa shape index (κ3) is 4.79. The van der Waals surface area contributed by atoms with Gasteiger partial charge in [-0.25, -0.2) is 29.4 Å². The summed E-state index contributed by atoms with van der Waals surface area (Å²) in [6.45, 7) is 9.39. The number of anilines is 3. The number of piperazine rings is 1. The van der Waals surface area contributed by atoms with Crippen molar-refractivity contribution in [1.29, 1.82) is 0 Å². The summed E-state index contributed by atoms with van der Waals surface area (Å²) in [5.41, 5.74) is 3.72. The first-order valence-corrected chi connectivity index (χ1v) is 12.5. The van der Waals surface area contributed by atoms with Gasteiger partial charge in [-0.05, 0) is 49.8 Å². The Kier molecular flexibility index (Phi) is 6.19. The van der Waals surface area contributed by atoms with Crippen LogP contribution in [0.4, 0.5) is 17.5 Å². The van der Waals surface area contributed by atoms with E-state index in [-0.39, 0.29) is 11.9 Å². The average Bonchev–Trinajstić information content (AvgIpc) is 3.42. The van der Waals surface area contributed by atoms with Gasteiger partial charge in [-0.1, -0.05) is 6.58 Å². The Labute approximate surface area is 224 Å². The van der Waals surface area contributed by atoms with E-state index in [1.807, 2.05) is 44.2 Å². The summed E-state index contributed by atoms with van der Waals surface area (Å²) in [7, 11) is 0. The van der Waals surface area contributed by atoms with Crippen LogP contribution in [0.2, 0.25) is 0 Å². The first-order valence-electron chi connectivity index (χ1n) is 12.5. The van der Waals surface area contributed by atoms with Gasteiger partial charge < -0.3 is 19.9 Å². The molecule has 12 heteroatoms. The van der Waals surface area contributed by atoms with Crippen LogP contribution in [0.1, 0.15) is 12.5 Å². The van der Waals surface area contributed by atoms with E-state index >= 15 is 0 Å². The summed E-state index contributed by atoms with van der Waals surface area (Å²) in [6, 6.07) is 9.53. The first-order chi connectivity index (χ1) is 19.0. The normalized spacial score (nSPS) is 15.5. The molecule has 0 bridgehead atoms. The molecule has 0 spiro atoms. The van der Waals surface area contributed by atoms with E-state index in [4.69, 9.17) is 9.72 Å². The average molecular weight is 523 g/mol. The number of hydrogen-bond donors (Lipinski definition) is 1. The molecule has 1 unspecified atom stereocenters. The molecular formula is C27H26N10O2. The van der Waals surface area contributed by atoms with Gasteiger partial charge in [0, 0.05) is 43.6 Å². The number of amides is 1. The molecule has 1 aliphatic rings. The fourth-order valence-electron chi connectivity index (χ4n) is 4.62. The molecule has 0 saturated carbocycles. The Morgan fingerprint density at radius 2 is 2.03 bits per heavy atom. The van der Waals surface area contributed by atoms with Crippen LogP contribution in [-0.2, 0) is 4.79 Å². The maximum Gasteiger partial charge on any atom is 0.246 e. The zero-order valence-corrected chi connectivity index (χ0v) is 21.5. The number of nitrogens with one attached hydrogen (secondary N) is 1. The van der Waals surface area contributed by atoms with Gasteiger partial charge in [-0.2, -0.15) is 5.10 Å². The Hall–Kier alpha value is -5.13. The molecule has 4 aromatic heterocycles. The zero-order valence-electron chi connectivity index (χ0n) is 21.5. The molecule has 196 valence electrons. The van der Waals surface area contributed by atoms with Crippen LogP contribution < -0.4 is 15.0 Å². The molecule has 0 aliphatic carbocycles. The quantitative estimate of drug-likeness (QED) is 0.331. The highest BCUT2D eigenvalue weighted by Gasteiger charge is 2.27. The molecule has 1 fully saturated rings. The predicted octanol–water partition coefficient (Wildman–Crippen LogP) is 3.53. The topological polar surface area (TPSA) is 127 Å². The fraction of sp³-hybridized carbons (Fsp3) is 0.222. The van der Waals surface area contributed by atoms with Gasteiger partial charge in [0.05, 0.1) is 6.20 Å². The van der Waals surface area contributed by atoms with Crippen LogP contribution in [0.3, 0.4) is 0 Å². The second-order valence-corrected chi connectivity index (χ2v) is 9.29. The third-order valence-corrected chi connectivity index (χ3v) is 6.65. The molecule has 1 aromatic carbocycles. The number of carbonyl (C=O) groups is 1. The maximum absolute atomic E-state index is 12.0. The van der Waals surface area contributed by atoms with Crippen molar-refractivity contribution in [3.05, 3.63) is 73.6 Å². The number of fused-ring (bicyclic) bond motifs is 2. The minimum absolute atomic E-state index is 0.0433. The number of rotatable bonds is 6. The molecule has 1 amide bonds. The van der Waals surface area contributed by atoms with Crippen LogP contribution in [0.5, 0.6) is 11.5 Å². The SMILES string of the molecule is C=CC(=O)N1CCN(c2ncc3ncnc(Nc4ccc(Oc5ccn6ncnc6c5)c(C)c4)c3n2)C(C)C1. The molecule has 5 heterocycles. The predicted molar refractivity (Wildman–Crippen MR) is 146 cm³/mol. The minimum Gasteiger partial charge on any atom is -0.457 e. The largest absolute Gasteiger partial charge is 0.457 e. The zero-order chi connectivity index (χ0) is 26.9. The van der Waals surface area contributed by atoms with Crippen molar-refractivity contribution in [3.8, 4) is 11.5 Å². The van der Waals surface area contributed by atoms with Crippen LogP contribution >= 0.6 is 0 Å². The second kappa shape index (κ2) is 9.97. The van der Waals surface area contributed by atoms with Crippen molar-refractivity contribution < 1.29 is 9.53 Å². The van der Waals surface area contributed by atoms with Crippen molar-refractivity contribution in [2.45, 2.75) is 19.9 Å². The van der Waals surface area contributed by atoms with Gasteiger partial charge >= 0.3 is 0 Å². The van der Waals surface area contributed by atoms with E-state index in [0.29, 0.717) is 53.8 Å². The molecule has 1 N–H and O–H groups in total. The Morgan fingerprint density at radius 3 is 2.85 bits per heavy atom. The Bertz CT molecular complexity index is 1700. The number of pyridine rings is 1. The number of aromatic nitrogens is 7. The van der Waals surface area contributed by atoms with E-state index in [9.17, 15) is 4.79 Å². The summed E-state index contributed by atoms with van der Waals surface area (Å²) in [4.78, 5) is 38.3. The fourth-order valence-corrected chi connectivity index (χ4v) is 4.62. The van der Waals surface area contributed by atoms with E-state index in [1.165, 1.54) is 18.7 Å². The van der Waals surface area contributed by atoms with Gasteiger partial charge in [-0.3, -0.25) is 4.79 Å². The van der Waals surface area contributed by atoms with Gasteiger partial charge in [0.1, 0.15) is 35.2 Å². The third-order valence-electron chi connectivity index (χ3n) is 6.65. The van der Waals surface area contributed by atoms with Crippen LogP contribution in [0.15, 0.2) is 68.0 Å². The van der Waals surface area contributed by atoms with Crippen molar-refractivity contribution in [2.24, 2.45) is 0 Å². The van der Waals surface area contributed by atoms with Gasteiger partial charge in [-0.15, -0.1) is 0 Å². The summed E-state index contributed by atoms with van der Waals surface area (Å²) in [5, 5.41) is 7.48. The summed E-state index contributed by atoms with van der Waals surface area (Å²) in [5.74, 6) is 2.48. The lowest BCUT2D eigenvalue weighted by atomic mass is 10.2. The highest BCUT2D eigenvalue weighted by molar-refractivity contribution is 5.88. The van der Waals surface area contributed by atoms with Gasteiger partial charge in [0.25, 0.3) is 0 Å². The van der Waals surface area contributed by atoms with Crippen molar-refractivity contribution in [2.75, 3.05) is 29.9 Å². The Morgan fingerprint density at radius 1 is 1.13 bits per heavy atom. The molecule has 12 nitrogen and oxygen atoms in total. The summed E-state index contributed by atoms with van der Waals surface area (Å²) >= 11 is 0. The van der Waals surface area contributed by atoms with Crippen LogP contribution in [0, 0.1) is 6.92 Å². The van der Waals surface area contributed by atoms with E-state index < -0.39 is 0 Å². The summed E-state index contributed by atoms with van der Waals surface area (Å²) < 4.78 is 7.77. The second-order valence-electron chi connectivity index (χ2n) is 9.29. The van der Waals surface area contributed by atoms with Crippen molar-refractivity contribution in [3.63, 3.8) is 0 Å². The standard InChI is InChI=1S/C27H26N10O2/c1-4-24(38)35-9-10-36(18(3)14-35)27-28-13-21-25(34-27)26(31-15-29-21)33-19-5-6-22(17(2)11-19)39-20-7-8-37-23(12-20)30-16-32-37/h4-8,11-13,15-16,18H,1,9-10,14H2,2-3H3,(H,29,31,33). The maximum atomic E-state index is 12.0. The molecule has 39 heavy (non-hydrogen) atoms. The summed E-state index contributed by atoms with van der Waals surface area (Å²) in [6.07, 6.45) is 7.85. The van der Waals surface area contributed by atoms with Gasteiger partial charge in [0.2, 0.25) is 11.9 Å². The molecule has 1 aliphatic heterocycles. The smallest absolute Gasteiger partial charge is 0.246 e. The molecule has 0 radical (unpaired) electrons. The lowest BCUT2D eigenvalue weighted by Gasteiger charge is -2.39. The minimum atomic E-state index is -0.0658. The number of nitrogens with zero attached hydrogens (tertiary/aromatic N) is 9. The molecule has 6 rings (SSSR count). The number of ether oxygens (including phenoxy) is 1. The van der Waals surface area contributed by atoms with E-state index in [0.717, 1.165) is 17.0 Å².